The van der Waals surface area contributed by atoms with Crippen LogP contribution in [0.2, 0.25) is 0 Å². The summed E-state index contributed by atoms with van der Waals surface area (Å²) >= 11 is 1.34. The quantitative estimate of drug-likeness (QED) is 0.778. The molecule has 0 amide bonds. The summed E-state index contributed by atoms with van der Waals surface area (Å²) in [6, 6.07) is 4.26. The fourth-order valence-electron chi connectivity index (χ4n) is 3.09. The van der Waals surface area contributed by atoms with Gasteiger partial charge >= 0.3 is 5.97 Å². The Hall–Kier alpha value is -0.910. The van der Waals surface area contributed by atoms with Crippen molar-refractivity contribution in [3.63, 3.8) is 0 Å². The lowest BCUT2D eigenvalue weighted by atomic mass is 9.99. The van der Waals surface area contributed by atoms with Gasteiger partial charge in [-0.2, -0.15) is 0 Å². The van der Waals surface area contributed by atoms with Crippen LogP contribution in [0.4, 0.5) is 0 Å². The van der Waals surface area contributed by atoms with Gasteiger partial charge in [-0.05, 0) is 51.3 Å². The average molecular weight is 325 g/mol. The van der Waals surface area contributed by atoms with Crippen LogP contribution in [0.1, 0.15) is 66.6 Å². The van der Waals surface area contributed by atoms with Crippen LogP contribution in [-0.4, -0.2) is 41.7 Å². The molecular weight excluding hydrogens is 298 g/mol. The van der Waals surface area contributed by atoms with Crippen LogP contribution in [0.5, 0.6) is 0 Å². The van der Waals surface area contributed by atoms with Crippen molar-refractivity contribution >= 4 is 17.3 Å². The summed E-state index contributed by atoms with van der Waals surface area (Å²) in [7, 11) is 0. The monoisotopic (exact) mass is 325 g/mol. The normalized spacial score (nSPS) is 20.8. The van der Waals surface area contributed by atoms with E-state index in [1.165, 1.54) is 37.0 Å². The van der Waals surface area contributed by atoms with Crippen LogP contribution in [0, 0.1) is 0 Å². The third-order valence-electron chi connectivity index (χ3n) is 4.34. The molecule has 1 N–H and O–H groups in total. The highest BCUT2D eigenvalue weighted by molar-refractivity contribution is 7.14. The number of rotatable bonds is 7. The number of carbonyl (C=O) groups excluding carboxylic acids is 1. The van der Waals surface area contributed by atoms with Gasteiger partial charge in [0.2, 0.25) is 0 Å². The number of hydrogen-bond donors (Lipinski definition) is 1. The lowest BCUT2D eigenvalue weighted by Gasteiger charge is -2.35. The molecule has 2 rings (SSSR count). The maximum Gasteiger partial charge on any atom is 0.348 e. The predicted octanol–water partition coefficient (Wildman–Crippen LogP) is 3.61. The fourth-order valence-corrected chi connectivity index (χ4v) is 4.01. The van der Waals surface area contributed by atoms with E-state index in [1.54, 1.807) is 13.0 Å². The van der Waals surface area contributed by atoms with Crippen molar-refractivity contribution < 1.29 is 14.6 Å². The molecule has 1 aromatic heterocycles. The number of ether oxygens (including phenoxy) is 1. The second-order valence-corrected chi connectivity index (χ2v) is 6.94. The van der Waals surface area contributed by atoms with Crippen molar-refractivity contribution in [2.45, 2.75) is 58.1 Å². The van der Waals surface area contributed by atoms with Gasteiger partial charge < -0.3 is 14.7 Å². The van der Waals surface area contributed by atoms with E-state index in [0.717, 1.165) is 24.4 Å². The number of hydrogen-bond acceptors (Lipinski definition) is 5. The molecule has 2 atom stereocenters. The van der Waals surface area contributed by atoms with Gasteiger partial charge in [0, 0.05) is 17.5 Å². The zero-order valence-electron chi connectivity index (χ0n) is 13.6. The second kappa shape index (κ2) is 8.65. The minimum atomic E-state index is -0.493. The second-order valence-electron chi connectivity index (χ2n) is 5.82. The van der Waals surface area contributed by atoms with Crippen molar-refractivity contribution in [1.29, 1.82) is 0 Å². The number of likely N-dealkylation sites (tertiary alicyclic amines) is 1. The number of aliphatic hydroxyl groups excluding tert-OH is 1. The third kappa shape index (κ3) is 4.54. The maximum atomic E-state index is 11.7. The summed E-state index contributed by atoms with van der Waals surface area (Å²) in [5.41, 5.74) is 0. The first-order valence-electron chi connectivity index (χ1n) is 8.34. The molecule has 0 spiro atoms. The van der Waals surface area contributed by atoms with E-state index in [-0.39, 0.29) is 5.97 Å². The first-order valence-corrected chi connectivity index (χ1v) is 9.16. The molecule has 0 radical (unpaired) electrons. The lowest BCUT2D eigenvalue weighted by Crippen LogP contribution is -2.40. The molecule has 2 heterocycles. The fraction of sp³-hybridized carbons (Fsp3) is 0.706. The molecule has 0 bridgehead atoms. The molecule has 1 aliphatic rings. The minimum absolute atomic E-state index is 0.298. The lowest BCUT2D eigenvalue weighted by molar-refractivity contribution is 0.0532. The molecule has 1 aromatic rings. The highest BCUT2D eigenvalue weighted by Crippen LogP contribution is 2.27. The smallest absolute Gasteiger partial charge is 0.348 e. The number of esters is 1. The molecule has 1 fully saturated rings. The van der Waals surface area contributed by atoms with Crippen LogP contribution in [0.3, 0.4) is 0 Å². The van der Waals surface area contributed by atoms with Crippen molar-refractivity contribution in [1.82, 2.24) is 4.90 Å². The Bertz CT molecular complexity index is 474. The van der Waals surface area contributed by atoms with E-state index in [9.17, 15) is 9.90 Å². The van der Waals surface area contributed by atoms with Gasteiger partial charge in [-0.25, -0.2) is 4.79 Å². The maximum absolute atomic E-state index is 11.7. The van der Waals surface area contributed by atoms with Gasteiger partial charge in [0.1, 0.15) is 4.88 Å². The first kappa shape index (κ1) is 17.4. The van der Waals surface area contributed by atoms with Gasteiger partial charge in [-0.3, -0.25) is 0 Å². The van der Waals surface area contributed by atoms with E-state index < -0.39 is 6.10 Å². The van der Waals surface area contributed by atoms with Crippen LogP contribution >= 0.6 is 11.3 Å². The van der Waals surface area contributed by atoms with Gasteiger partial charge in [0.05, 0.1) is 12.7 Å². The molecule has 0 aliphatic carbocycles. The van der Waals surface area contributed by atoms with Crippen molar-refractivity contribution in [3.8, 4) is 0 Å². The Labute approximate surface area is 137 Å². The third-order valence-corrected chi connectivity index (χ3v) is 5.51. The van der Waals surface area contributed by atoms with E-state index in [4.69, 9.17) is 4.74 Å². The summed E-state index contributed by atoms with van der Waals surface area (Å²) < 4.78 is 4.99. The Balaban J connectivity index is 1.86. The molecule has 1 saturated heterocycles. The van der Waals surface area contributed by atoms with E-state index in [1.807, 2.05) is 6.07 Å². The molecule has 5 heteroatoms. The molecule has 4 nitrogen and oxygen atoms in total. The summed E-state index contributed by atoms with van der Waals surface area (Å²) in [6.45, 7) is 6.48. The first-order chi connectivity index (χ1) is 10.7. The summed E-state index contributed by atoms with van der Waals surface area (Å²) in [4.78, 5) is 15.6. The molecule has 22 heavy (non-hydrogen) atoms. The Morgan fingerprint density at radius 1 is 1.45 bits per heavy atom. The van der Waals surface area contributed by atoms with Gasteiger partial charge in [0.15, 0.2) is 0 Å². The Morgan fingerprint density at radius 2 is 2.27 bits per heavy atom. The summed E-state index contributed by atoms with van der Waals surface area (Å²) in [5.74, 6) is -0.298. The van der Waals surface area contributed by atoms with Crippen LogP contribution < -0.4 is 0 Å². The zero-order valence-corrected chi connectivity index (χ0v) is 14.4. The van der Waals surface area contributed by atoms with Crippen molar-refractivity contribution in [2.24, 2.45) is 0 Å². The summed E-state index contributed by atoms with van der Waals surface area (Å²) in [5, 5.41) is 10.4. The van der Waals surface area contributed by atoms with Crippen LogP contribution in [-0.2, 0) is 4.74 Å². The average Bonchev–Trinajstić information content (AvgIpc) is 3.03. The molecule has 124 valence electrons. The van der Waals surface area contributed by atoms with Gasteiger partial charge in [-0.1, -0.05) is 13.3 Å². The molecule has 0 saturated carbocycles. The Morgan fingerprint density at radius 3 is 3.00 bits per heavy atom. The molecule has 2 unspecified atom stereocenters. The number of thiophene rings is 1. The van der Waals surface area contributed by atoms with Crippen LogP contribution in [0.25, 0.3) is 0 Å². The van der Waals surface area contributed by atoms with E-state index in [0.29, 0.717) is 17.5 Å². The minimum Gasteiger partial charge on any atom is -0.462 e. The zero-order chi connectivity index (χ0) is 15.9. The van der Waals surface area contributed by atoms with Crippen molar-refractivity contribution in [3.05, 3.63) is 21.9 Å². The highest BCUT2D eigenvalue weighted by atomic mass is 32.1. The largest absolute Gasteiger partial charge is 0.462 e. The predicted molar refractivity (Wildman–Crippen MR) is 89.4 cm³/mol. The summed E-state index contributed by atoms with van der Waals surface area (Å²) in [6.07, 6.45) is 5.27. The topological polar surface area (TPSA) is 49.8 Å². The number of carbonyl (C=O) groups is 1. The SMILES string of the molecule is CCOC(=O)c1ccc(C(O)CCN2CCCCC2CC)s1. The van der Waals surface area contributed by atoms with Gasteiger partial charge in [-0.15, -0.1) is 11.3 Å². The van der Waals surface area contributed by atoms with E-state index in [2.05, 4.69) is 11.8 Å². The molecular formula is C17H27NO3S. The van der Waals surface area contributed by atoms with E-state index >= 15 is 0 Å². The van der Waals surface area contributed by atoms with Gasteiger partial charge in [0.25, 0.3) is 0 Å². The number of aliphatic hydroxyl groups is 1. The molecule has 1 aliphatic heterocycles. The van der Waals surface area contributed by atoms with Crippen molar-refractivity contribution in [2.75, 3.05) is 19.7 Å². The number of piperidine rings is 1. The number of nitrogens with zero attached hydrogens (tertiary/aromatic N) is 1. The molecule has 0 aromatic carbocycles. The Kier molecular flexibility index (Phi) is 6.86. The standard InChI is InChI=1S/C17H27NO3S/c1-3-13-7-5-6-11-18(13)12-10-14(19)15-8-9-16(22-15)17(20)21-4-2/h8-9,13-14,19H,3-7,10-12H2,1-2H3. The van der Waals surface area contributed by atoms with Crippen LogP contribution in [0.15, 0.2) is 12.1 Å². The highest BCUT2D eigenvalue weighted by Gasteiger charge is 2.22.